The third-order valence-electron chi connectivity index (χ3n) is 12.5. The Hall–Kier alpha value is -3.76. The summed E-state index contributed by atoms with van der Waals surface area (Å²) in [5.74, 6) is -2.04. The van der Waals surface area contributed by atoms with Crippen LogP contribution in [0.25, 0.3) is 0 Å². The first kappa shape index (κ1) is 40.4. The van der Waals surface area contributed by atoms with Crippen molar-refractivity contribution in [3.63, 3.8) is 0 Å². The van der Waals surface area contributed by atoms with Gasteiger partial charge < -0.3 is 18.6 Å². The van der Waals surface area contributed by atoms with Crippen molar-refractivity contribution in [1.29, 1.82) is 5.26 Å². The Morgan fingerprint density at radius 2 is 1.55 bits per heavy atom. The SMILES string of the molecule is CCOC(=O)C1C[C@]2(CCC13N(C(=O)OC)c1ccccc1[C@@]3(C#N)CCO[Si](C(C)C)(C(C)C)C(C)C)CC(C(=O)OC)ON2Cc1ccccc1. The number of rotatable bonds is 12. The minimum absolute atomic E-state index is 0.104. The molecule has 12 heteroatoms. The standard InChI is InChI=1S/C41H57N3O8Si/c1-10-50-36(45)33-24-39(25-35(37(46)48-8)52-43(39)26-31-16-12-11-13-17-31)20-21-41(33)40(27-42,22-23-51-53(28(2)3,29(4)5)30(6)7)32-18-14-15-19-34(32)44(41)38(47)49-9/h11-19,28-30,33,35H,10,20-26H2,1-9H3/t33?,35?,39-,40+,41?/m1/s1. The van der Waals surface area contributed by atoms with E-state index in [-0.39, 0.29) is 38.9 Å². The number of nitrogens with zero attached hydrogens (tertiary/aromatic N) is 3. The molecule has 1 amide bonds. The fourth-order valence-corrected chi connectivity index (χ4v) is 15.8. The van der Waals surface area contributed by atoms with Crippen molar-refractivity contribution >= 4 is 32.0 Å². The summed E-state index contributed by atoms with van der Waals surface area (Å²) in [4.78, 5) is 49.8. The fourth-order valence-electron chi connectivity index (χ4n) is 10.4. The number of carbonyl (C=O) groups is 3. The zero-order valence-corrected chi connectivity index (χ0v) is 33.8. The number of para-hydroxylation sites is 1. The van der Waals surface area contributed by atoms with Crippen LogP contribution in [-0.2, 0) is 45.0 Å². The van der Waals surface area contributed by atoms with Gasteiger partial charge in [0.05, 0.1) is 49.6 Å². The summed E-state index contributed by atoms with van der Waals surface area (Å²) in [6, 6.07) is 19.9. The van der Waals surface area contributed by atoms with E-state index >= 15 is 0 Å². The lowest BCUT2D eigenvalue weighted by molar-refractivity contribution is -0.217. The van der Waals surface area contributed by atoms with Gasteiger partial charge in [-0.2, -0.15) is 10.3 Å². The summed E-state index contributed by atoms with van der Waals surface area (Å²) < 4.78 is 23.6. The van der Waals surface area contributed by atoms with Crippen LogP contribution in [0.1, 0.15) is 91.7 Å². The molecule has 2 fully saturated rings. The highest BCUT2D eigenvalue weighted by Gasteiger charge is 2.73. The lowest BCUT2D eigenvalue weighted by Crippen LogP contribution is -2.70. The maximum atomic E-state index is 14.7. The van der Waals surface area contributed by atoms with Crippen LogP contribution in [-0.4, -0.2) is 76.0 Å². The fraction of sp³-hybridized carbons (Fsp3) is 0.610. The summed E-state index contributed by atoms with van der Waals surface area (Å²) in [6.07, 6.45) is -0.277. The third kappa shape index (κ3) is 6.57. The van der Waals surface area contributed by atoms with Gasteiger partial charge in [-0.15, -0.1) is 0 Å². The second-order valence-corrected chi connectivity index (χ2v) is 21.2. The van der Waals surface area contributed by atoms with Crippen molar-refractivity contribution in [3.05, 3.63) is 65.7 Å². The number of benzene rings is 2. The maximum Gasteiger partial charge on any atom is 0.414 e. The predicted octanol–water partition coefficient (Wildman–Crippen LogP) is 7.84. The van der Waals surface area contributed by atoms with Crippen LogP contribution in [0, 0.1) is 17.2 Å². The lowest BCUT2D eigenvalue weighted by Gasteiger charge is -2.56. The number of amides is 1. The molecule has 0 N–H and O–H groups in total. The summed E-state index contributed by atoms with van der Waals surface area (Å²) in [6.45, 7) is 15.8. The Labute approximate surface area is 315 Å². The molecule has 2 heterocycles. The minimum Gasteiger partial charge on any atom is -0.467 e. The Bertz CT molecular complexity index is 1660. The Balaban J connectivity index is 1.69. The van der Waals surface area contributed by atoms with E-state index in [2.05, 4.69) is 47.6 Å². The number of hydrogen-bond donors (Lipinski definition) is 0. The second-order valence-electron chi connectivity index (χ2n) is 15.8. The highest BCUT2D eigenvalue weighted by Crippen LogP contribution is 2.64. The highest BCUT2D eigenvalue weighted by molar-refractivity contribution is 6.77. The predicted molar refractivity (Wildman–Crippen MR) is 203 cm³/mol. The number of nitriles is 1. The molecule has 0 bridgehead atoms. The smallest absolute Gasteiger partial charge is 0.414 e. The molecule has 3 unspecified atom stereocenters. The van der Waals surface area contributed by atoms with Gasteiger partial charge in [-0.1, -0.05) is 90.1 Å². The van der Waals surface area contributed by atoms with Gasteiger partial charge in [0, 0.05) is 19.6 Å². The molecule has 2 aromatic rings. The number of ether oxygens (including phenoxy) is 3. The van der Waals surface area contributed by atoms with Crippen LogP contribution in [0.5, 0.6) is 0 Å². The van der Waals surface area contributed by atoms with Gasteiger partial charge in [0.15, 0.2) is 14.4 Å². The lowest BCUT2D eigenvalue weighted by atomic mass is 9.53. The molecule has 2 aromatic carbocycles. The number of fused-ring (bicyclic) bond motifs is 1. The molecule has 5 atom stereocenters. The van der Waals surface area contributed by atoms with E-state index in [9.17, 15) is 19.6 Å². The highest BCUT2D eigenvalue weighted by atomic mass is 28.4. The van der Waals surface area contributed by atoms with Crippen molar-refractivity contribution < 1.29 is 37.9 Å². The first-order valence-electron chi connectivity index (χ1n) is 19.0. The maximum absolute atomic E-state index is 14.7. The van der Waals surface area contributed by atoms with Gasteiger partial charge in [0.1, 0.15) is 5.41 Å². The monoisotopic (exact) mass is 747 g/mol. The number of methoxy groups -OCH3 is 2. The zero-order valence-electron chi connectivity index (χ0n) is 32.8. The zero-order chi connectivity index (χ0) is 38.8. The number of hydroxylamine groups is 2. The van der Waals surface area contributed by atoms with Crippen molar-refractivity contribution in [2.45, 2.75) is 126 Å². The molecule has 1 saturated carbocycles. The van der Waals surface area contributed by atoms with Gasteiger partial charge in [0.25, 0.3) is 0 Å². The topological polar surface area (TPSA) is 128 Å². The first-order chi connectivity index (χ1) is 25.2. The van der Waals surface area contributed by atoms with Gasteiger partial charge in [0.2, 0.25) is 0 Å². The van der Waals surface area contributed by atoms with Crippen molar-refractivity contribution in [3.8, 4) is 6.07 Å². The van der Waals surface area contributed by atoms with Crippen molar-refractivity contribution in [1.82, 2.24) is 5.06 Å². The van der Waals surface area contributed by atoms with Crippen LogP contribution < -0.4 is 4.90 Å². The number of carbonyl (C=O) groups excluding carboxylic acids is 3. The van der Waals surface area contributed by atoms with E-state index in [0.29, 0.717) is 40.8 Å². The molecule has 11 nitrogen and oxygen atoms in total. The van der Waals surface area contributed by atoms with Gasteiger partial charge in [-0.25, -0.2) is 9.59 Å². The van der Waals surface area contributed by atoms with E-state index in [1.165, 1.54) is 14.2 Å². The van der Waals surface area contributed by atoms with Crippen LogP contribution in [0.2, 0.25) is 16.6 Å². The van der Waals surface area contributed by atoms with Crippen LogP contribution in [0.4, 0.5) is 10.5 Å². The van der Waals surface area contributed by atoms with Crippen LogP contribution >= 0.6 is 0 Å². The second kappa shape index (κ2) is 15.9. The minimum atomic E-state index is -2.36. The van der Waals surface area contributed by atoms with E-state index in [0.717, 1.165) is 5.56 Å². The number of hydrogen-bond acceptors (Lipinski definition) is 10. The van der Waals surface area contributed by atoms with Crippen molar-refractivity contribution in [2.75, 3.05) is 32.3 Å². The van der Waals surface area contributed by atoms with Gasteiger partial charge >= 0.3 is 18.0 Å². The summed E-state index contributed by atoms with van der Waals surface area (Å²) in [7, 11) is 0.287. The van der Waals surface area contributed by atoms with Crippen LogP contribution in [0.15, 0.2) is 54.6 Å². The Morgan fingerprint density at radius 3 is 2.13 bits per heavy atom. The average molecular weight is 748 g/mol. The molecule has 0 aromatic heterocycles. The number of anilines is 1. The molecule has 1 saturated heterocycles. The van der Waals surface area contributed by atoms with E-state index in [1.54, 1.807) is 11.8 Å². The normalized spacial score (nSPS) is 27.0. The molecule has 1 aliphatic carbocycles. The summed E-state index contributed by atoms with van der Waals surface area (Å²) in [5.41, 5.74) is -0.524. The largest absolute Gasteiger partial charge is 0.467 e. The number of esters is 2. The van der Waals surface area contributed by atoms with Gasteiger partial charge in [-0.05, 0) is 66.4 Å². The molecular weight excluding hydrogens is 691 g/mol. The molecule has 288 valence electrons. The molecule has 0 radical (unpaired) electrons. The Kier molecular flexibility index (Phi) is 12.1. The molecule has 5 rings (SSSR count). The quantitative estimate of drug-likeness (QED) is 0.120. The average Bonchev–Trinajstić information content (AvgIpc) is 3.60. The van der Waals surface area contributed by atoms with Gasteiger partial charge in [-0.3, -0.25) is 14.5 Å². The molecular formula is C41H57N3O8Si. The van der Waals surface area contributed by atoms with E-state index in [4.69, 9.17) is 23.5 Å². The Morgan fingerprint density at radius 1 is 0.906 bits per heavy atom. The summed E-state index contributed by atoms with van der Waals surface area (Å²) >= 11 is 0. The first-order valence-corrected chi connectivity index (χ1v) is 21.1. The van der Waals surface area contributed by atoms with Crippen LogP contribution in [0.3, 0.4) is 0 Å². The molecule has 2 spiro atoms. The summed E-state index contributed by atoms with van der Waals surface area (Å²) in [5, 5.41) is 13.5. The molecule has 2 aliphatic heterocycles. The van der Waals surface area contributed by atoms with Crippen molar-refractivity contribution in [2.24, 2.45) is 5.92 Å². The molecule has 53 heavy (non-hydrogen) atoms. The third-order valence-corrected chi connectivity index (χ3v) is 18.6. The molecule has 3 aliphatic rings. The van der Waals surface area contributed by atoms with E-state index in [1.807, 2.05) is 59.7 Å². The van der Waals surface area contributed by atoms with E-state index < -0.39 is 54.9 Å².